The highest BCUT2D eigenvalue weighted by Gasteiger charge is 2.20. The van der Waals surface area contributed by atoms with E-state index in [2.05, 4.69) is 22.2 Å². The van der Waals surface area contributed by atoms with E-state index in [0.29, 0.717) is 22.7 Å². The van der Waals surface area contributed by atoms with Gasteiger partial charge < -0.3 is 11.1 Å². The molecule has 1 aromatic rings. The van der Waals surface area contributed by atoms with Crippen LogP contribution in [-0.4, -0.2) is 21.0 Å². The molecule has 18 heavy (non-hydrogen) atoms. The lowest BCUT2D eigenvalue weighted by atomic mass is 9.85. The van der Waals surface area contributed by atoms with Crippen LogP contribution in [0.1, 0.15) is 44.7 Å². The van der Waals surface area contributed by atoms with Gasteiger partial charge in [0.05, 0.1) is 0 Å². The summed E-state index contributed by atoms with van der Waals surface area (Å²) in [6.07, 6.45) is 7.96. The molecule has 0 bridgehead atoms. The van der Waals surface area contributed by atoms with Gasteiger partial charge in [-0.1, -0.05) is 25.6 Å². The molecule has 1 fully saturated rings. The van der Waals surface area contributed by atoms with Crippen LogP contribution in [0, 0.1) is 5.92 Å². The van der Waals surface area contributed by atoms with E-state index in [1.165, 1.54) is 32.1 Å². The summed E-state index contributed by atoms with van der Waals surface area (Å²) in [7, 11) is 0. The first-order chi connectivity index (χ1) is 8.69. The summed E-state index contributed by atoms with van der Waals surface area (Å²) in [6, 6.07) is 2.22. The summed E-state index contributed by atoms with van der Waals surface area (Å²) >= 11 is 4.92. The molecule has 0 aliphatic heterocycles. The largest absolute Gasteiger partial charge is 0.388 e. The van der Waals surface area contributed by atoms with Crippen molar-refractivity contribution in [1.82, 2.24) is 9.97 Å². The Hall–Kier alpha value is -1.23. The van der Waals surface area contributed by atoms with E-state index in [9.17, 15) is 0 Å². The lowest BCUT2D eigenvalue weighted by molar-refractivity contribution is 0.329. The number of hydrogen-bond acceptors (Lipinski definition) is 4. The molecule has 98 valence electrons. The van der Waals surface area contributed by atoms with Gasteiger partial charge in [-0.25, -0.2) is 9.97 Å². The van der Waals surface area contributed by atoms with Crippen molar-refractivity contribution in [3.8, 4) is 0 Å². The monoisotopic (exact) mass is 264 g/mol. The number of anilines is 1. The second kappa shape index (κ2) is 6.09. The summed E-state index contributed by atoms with van der Waals surface area (Å²) < 4.78 is 0. The van der Waals surface area contributed by atoms with E-state index in [4.69, 9.17) is 18.0 Å². The summed E-state index contributed by atoms with van der Waals surface area (Å²) in [5.41, 5.74) is 6.19. The van der Waals surface area contributed by atoms with Crippen LogP contribution >= 0.6 is 12.2 Å². The molecule has 5 heteroatoms. The Kier molecular flexibility index (Phi) is 4.47. The van der Waals surface area contributed by atoms with Gasteiger partial charge in [0.1, 0.15) is 10.7 Å². The Morgan fingerprint density at radius 2 is 2.17 bits per heavy atom. The average Bonchev–Trinajstić information content (AvgIpc) is 2.40. The van der Waals surface area contributed by atoms with Gasteiger partial charge in [-0.05, 0) is 37.7 Å². The molecule has 3 N–H and O–H groups in total. The minimum Gasteiger partial charge on any atom is -0.388 e. The average molecular weight is 264 g/mol. The van der Waals surface area contributed by atoms with Crippen molar-refractivity contribution in [2.75, 3.05) is 5.32 Å². The van der Waals surface area contributed by atoms with Crippen LogP contribution in [-0.2, 0) is 0 Å². The molecule has 0 amide bonds. The predicted octanol–water partition coefficient (Wildman–Crippen LogP) is 2.49. The minimum atomic E-state index is 0.315. The van der Waals surface area contributed by atoms with Crippen molar-refractivity contribution in [1.29, 1.82) is 0 Å². The van der Waals surface area contributed by atoms with Crippen molar-refractivity contribution in [2.45, 2.75) is 45.1 Å². The first-order valence-electron chi connectivity index (χ1n) is 6.58. The molecule has 0 unspecified atom stereocenters. The zero-order chi connectivity index (χ0) is 13.0. The van der Waals surface area contributed by atoms with Gasteiger partial charge in [-0.15, -0.1) is 0 Å². The van der Waals surface area contributed by atoms with Crippen molar-refractivity contribution in [3.05, 3.63) is 18.0 Å². The van der Waals surface area contributed by atoms with Crippen molar-refractivity contribution < 1.29 is 0 Å². The lowest BCUT2D eigenvalue weighted by Gasteiger charge is -2.28. The second-order valence-electron chi connectivity index (χ2n) is 4.90. The van der Waals surface area contributed by atoms with E-state index in [-0.39, 0.29) is 0 Å². The van der Waals surface area contributed by atoms with Crippen LogP contribution in [0.3, 0.4) is 0 Å². The number of nitrogens with two attached hydrogens (primary N) is 1. The number of nitrogens with one attached hydrogen (secondary N) is 1. The molecule has 0 radical (unpaired) electrons. The van der Waals surface area contributed by atoms with Crippen LogP contribution in [0.4, 0.5) is 5.95 Å². The number of aromatic nitrogens is 2. The van der Waals surface area contributed by atoms with E-state index >= 15 is 0 Å². The maximum atomic E-state index is 5.57. The number of rotatable bonds is 4. The number of hydrogen-bond donors (Lipinski definition) is 2. The van der Waals surface area contributed by atoms with Gasteiger partial charge in [0, 0.05) is 12.2 Å². The molecule has 0 atom stereocenters. The third-order valence-electron chi connectivity index (χ3n) is 3.67. The molecule has 1 heterocycles. The van der Waals surface area contributed by atoms with Gasteiger partial charge in [0.2, 0.25) is 5.95 Å². The smallest absolute Gasteiger partial charge is 0.223 e. The molecule has 0 spiro atoms. The fourth-order valence-corrected chi connectivity index (χ4v) is 2.58. The highest BCUT2D eigenvalue weighted by molar-refractivity contribution is 7.80. The van der Waals surface area contributed by atoms with Crippen LogP contribution in [0.25, 0.3) is 0 Å². The minimum absolute atomic E-state index is 0.315. The topological polar surface area (TPSA) is 63.8 Å². The van der Waals surface area contributed by atoms with Gasteiger partial charge >= 0.3 is 0 Å². The van der Waals surface area contributed by atoms with Gasteiger partial charge in [-0.2, -0.15) is 0 Å². The van der Waals surface area contributed by atoms with Gasteiger partial charge in [0.25, 0.3) is 0 Å². The molecular formula is C13H20N4S. The normalized spacial score (nSPS) is 23.6. The Bertz CT molecular complexity index is 413. The Morgan fingerprint density at radius 3 is 2.78 bits per heavy atom. The van der Waals surface area contributed by atoms with Gasteiger partial charge in [-0.3, -0.25) is 0 Å². The highest BCUT2D eigenvalue weighted by Crippen LogP contribution is 2.27. The maximum absolute atomic E-state index is 5.57. The van der Waals surface area contributed by atoms with Crippen LogP contribution in [0.2, 0.25) is 0 Å². The SMILES string of the molecule is CCC1CCC(Nc2nccc(C(N)=S)n2)CC1. The summed E-state index contributed by atoms with van der Waals surface area (Å²) in [5.74, 6) is 1.53. The van der Waals surface area contributed by atoms with Crippen LogP contribution in [0.15, 0.2) is 12.3 Å². The number of thiocarbonyl (C=S) groups is 1. The molecule has 2 rings (SSSR count). The second-order valence-corrected chi connectivity index (χ2v) is 5.34. The lowest BCUT2D eigenvalue weighted by Crippen LogP contribution is -2.27. The summed E-state index contributed by atoms with van der Waals surface area (Å²) in [6.45, 7) is 2.27. The van der Waals surface area contributed by atoms with E-state index < -0.39 is 0 Å². The van der Waals surface area contributed by atoms with E-state index in [1.807, 2.05) is 0 Å². The zero-order valence-corrected chi connectivity index (χ0v) is 11.5. The Morgan fingerprint density at radius 1 is 1.44 bits per heavy atom. The zero-order valence-electron chi connectivity index (χ0n) is 10.7. The van der Waals surface area contributed by atoms with Crippen LogP contribution in [0.5, 0.6) is 0 Å². The molecule has 1 aromatic heterocycles. The molecule has 1 aliphatic carbocycles. The van der Waals surface area contributed by atoms with E-state index in [1.54, 1.807) is 12.3 Å². The molecule has 0 aromatic carbocycles. The standard InChI is InChI=1S/C13H20N4S/c1-2-9-3-5-10(6-4-9)16-13-15-8-7-11(17-13)12(14)18/h7-10H,2-6H2,1H3,(H2,14,18)(H,15,16,17). The van der Waals surface area contributed by atoms with Gasteiger partial charge in [0.15, 0.2) is 0 Å². The predicted molar refractivity (Wildman–Crippen MR) is 77.6 cm³/mol. The first-order valence-corrected chi connectivity index (χ1v) is 6.99. The summed E-state index contributed by atoms with van der Waals surface area (Å²) in [5, 5.41) is 3.38. The van der Waals surface area contributed by atoms with Crippen molar-refractivity contribution >= 4 is 23.2 Å². The molecule has 0 saturated heterocycles. The maximum Gasteiger partial charge on any atom is 0.223 e. The van der Waals surface area contributed by atoms with Crippen molar-refractivity contribution in [3.63, 3.8) is 0 Å². The first kappa shape index (κ1) is 13.2. The molecule has 1 saturated carbocycles. The van der Waals surface area contributed by atoms with Crippen LogP contribution < -0.4 is 11.1 Å². The third-order valence-corrected chi connectivity index (χ3v) is 3.87. The molecular weight excluding hydrogens is 244 g/mol. The van der Waals surface area contributed by atoms with Crippen molar-refractivity contribution in [2.24, 2.45) is 11.7 Å². The fraction of sp³-hybridized carbons (Fsp3) is 0.615. The highest BCUT2D eigenvalue weighted by atomic mass is 32.1. The fourth-order valence-electron chi connectivity index (χ4n) is 2.46. The molecule has 1 aliphatic rings. The summed E-state index contributed by atoms with van der Waals surface area (Å²) in [4.78, 5) is 8.85. The van der Waals surface area contributed by atoms with E-state index in [0.717, 1.165) is 5.92 Å². The molecule has 4 nitrogen and oxygen atoms in total. The quantitative estimate of drug-likeness (QED) is 0.818. The number of nitrogens with zero attached hydrogens (tertiary/aromatic N) is 2. The Labute approximate surface area is 113 Å². The third kappa shape index (κ3) is 3.38. The Balaban J connectivity index is 1.94.